The van der Waals surface area contributed by atoms with Gasteiger partial charge in [-0.15, -0.1) is 0 Å². The minimum Gasteiger partial charge on any atom is -0.380 e. The molecule has 3 heteroatoms. The highest BCUT2D eigenvalue weighted by atomic mass is 16.3. The van der Waals surface area contributed by atoms with Gasteiger partial charge in [0.2, 0.25) is 0 Å². The second-order valence-electron chi connectivity index (χ2n) is 3.91. The number of carbonyl (C=O) groups excluding carboxylic acids is 1. The smallest absolute Gasteiger partial charge is 0.254 e. The van der Waals surface area contributed by atoms with Crippen LogP contribution in [0, 0.1) is 5.92 Å². The van der Waals surface area contributed by atoms with E-state index in [9.17, 15) is 9.90 Å². The fraction of sp³-hybridized carbons (Fsp3) is 0.889. The molecule has 0 spiro atoms. The molecular weight excluding hydrogens is 154 g/mol. The van der Waals surface area contributed by atoms with Crippen LogP contribution in [0.2, 0.25) is 0 Å². The van der Waals surface area contributed by atoms with Crippen molar-refractivity contribution in [1.29, 1.82) is 0 Å². The van der Waals surface area contributed by atoms with Gasteiger partial charge in [0.05, 0.1) is 0 Å². The molecule has 1 atom stereocenters. The molecule has 1 amide bonds. The number of aliphatic hydroxyl groups is 1. The molecule has 0 bridgehead atoms. The summed E-state index contributed by atoms with van der Waals surface area (Å²) in [7, 11) is 1.74. The Labute approximate surface area is 73.4 Å². The van der Waals surface area contributed by atoms with Gasteiger partial charge in [-0.3, -0.25) is 4.79 Å². The monoisotopic (exact) mass is 171 g/mol. The molecule has 3 nitrogen and oxygen atoms in total. The molecule has 1 fully saturated rings. The van der Waals surface area contributed by atoms with Crippen molar-refractivity contribution in [3.63, 3.8) is 0 Å². The third-order valence-corrected chi connectivity index (χ3v) is 2.72. The van der Waals surface area contributed by atoms with Crippen molar-refractivity contribution in [2.24, 2.45) is 5.92 Å². The van der Waals surface area contributed by atoms with Gasteiger partial charge in [-0.1, -0.05) is 13.8 Å². The van der Waals surface area contributed by atoms with Gasteiger partial charge < -0.3 is 10.0 Å². The summed E-state index contributed by atoms with van der Waals surface area (Å²) in [4.78, 5) is 13.2. The molecule has 0 radical (unpaired) electrons. The molecule has 0 aliphatic carbocycles. The Balaban J connectivity index is 2.81. The van der Waals surface area contributed by atoms with E-state index in [2.05, 4.69) is 0 Å². The molecule has 12 heavy (non-hydrogen) atoms. The van der Waals surface area contributed by atoms with Gasteiger partial charge in [0, 0.05) is 13.6 Å². The highest BCUT2D eigenvalue weighted by Gasteiger charge is 2.43. The zero-order chi connectivity index (χ0) is 9.35. The van der Waals surface area contributed by atoms with Crippen LogP contribution in [-0.4, -0.2) is 35.1 Å². The average molecular weight is 171 g/mol. The second kappa shape index (κ2) is 3.05. The first-order chi connectivity index (χ1) is 5.48. The maximum atomic E-state index is 11.6. The lowest BCUT2D eigenvalue weighted by atomic mass is 9.82. The SMILES string of the molecule is CC(C)[C@]1(O)CCCN(C)C1=O. The van der Waals surface area contributed by atoms with Gasteiger partial charge in [0.15, 0.2) is 0 Å². The highest BCUT2D eigenvalue weighted by Crippen LogP contribution is 2.28. The molecule has 1 aliphatic heterocycles. The largest absolute Gasteiger partial charge is 0.380 e. The van der Waals surface area contributed by atoms with Gasteiger partial charge in [-0.25, -0.2) is 0 Å². The maximum absolute atomic E-state index is 11.6. The molecule has 1 N–H and O–H groups in total. The summed E-state index contributed by atoms with van der Waals surface area (Å²) in [5.41, 5.74) is -1.10. The van der Waals surface area contributed by atoms with Crippen LogP contribution >= 0.6 is 0 Å². The molecule has 0 aromatic heterocycles. The predicted molar refractivity (Wildman–Crippen MR) is 46.7 cm³/mol. The lowest BCUT2D eigenvalue weighted by Crippen LogP contribution is -2.54. The van der Waals surface area contributed by atoms with Crippen molar-refractivity contribution in [3.05, 3.63) is 0 Å². The average Bonchev–Trinajstić information content (AvgIpc) is 2.00. The van der Waals surface area contributed by atoms with Crippen LogP contribution in [0.1, 0.15) is 26.7 Å². The van der Waals surface area contributed by atoms with Gasteiger partial charge in [-0.2, -0.15) is 0 Å². The number of piperidine rings is 1. The summed E-state index contributed by atoms with van der Waals surface area (Å²) in [6.07, 6.45) is 1.50. The third-order valence-electron chi connectivity index (χ3n) is 2.72. The number of amides is 1. The van der Waals surface area contributed by atoms with Crippen LogP contribution in [0.15, 0.2) is 0 Å². The van der Waals surface area contributed by atoms with Crippen molar-refractivity contribution < 1.29 is 9.90 Å². The second-order valence-corrected chi connectivity index (χ2v) is 3.91. The minimum atomic E-state index is -1.10. The molecule has 1 aliphatic rings. The van der Waals surface area contributed by atoms with Crippen LogP contribution in [0.4, 0.5) is 0 Å². The molecule has 0 aromatic carbocycles. The normalized spacial score (nSPS) is 31.4. The van der Waals surface area contributed by atoms with Crippen LogP contribution in [-0.2, 0) is 4.79 Å². The molecule has 70 valence electrons. The lowest BCUT2D eigenvalue weighted by molar-refractivity contribution is -0.160. The summed E-state index contributed by atoms with van der Waals surface area (Å²) >= 11 is 0. The predicted octanol–water partition coefficient (Wildman–Crippen LogP) is 0.626. The number of likely N-dealkylation sites (tertiary alicyclic amines) is 1. The number of hydrogen-bond acceptors (Lipinski definition) is 2. The van der Waals surface area contributed by atoms with Crippen molar-refractivity contribution in [3.8, 4) is 0 Å². The number of carbonyl (C=O) groups is 1. The van der Waals surface area contributed by atoms with E-state index in [1.807, 2.05) is 13.8 Å². The van der Waals surface area contributed by atoms with Gasteiger partial charge in [-0.05, 0) is 18.8 Å². The minimum absolute atomic E-state index is 0.00718. The van der Waals surface area contributed by atoms with Gasteiger partial charge >= 0.3 is 0 Å². The van der Waals surface area contributed by atoms with Gasteiger partial charge in [0.25, 0.3) is 5.91 Å². The molecular formula is C9H17NO2. The summed E-state index contributed by atoms with van der Waals surface area (Å²) < 4.78 is 0. The van der Waals surface area contributed by atoms with Crippen molar-refractivity contribution in [2.75, 3.05) is 13.6 Å². The van der Waals surface area contributed by atoms with E-state index in [4.69, 9.17) is 0 Å². The fourth-order valence-electron chi connectivity index (χ4n) is 1.66. The summed E-state index contributed by atoms with van der Waals surface area (Å²) in [6, 6.07) is 0. The molecule has 0 aromatic rings. The number of likely N-dealkylation sites (N-methyl/N-ethyl adjacent to an activating group) is 1. The van der Waals surface area contributed by atoms with Crippen LogP contribution in [0.3, 0.4) is 0 Å². The first-order valence-electron chi connectivity index (χ1n) is 4.46. The molecule has 1 heterocycles. The highest BCUT2D eigenvalue weighted by molar-refractivity contribution is 5.85. The first kappa shape index (κ1) is 9.52. The topological polar surface area (TPSA) is 40.5 Å². The summed E-state index contributed by atoms with van der Waals surface area (Å²) in [6.45, 7) is 4.54. The van der Waals surface area contributed by atoms with Crippen molar-refractivity contribution >= 4 is 5.91 Å². The van der Waals surface area contributed by atoms with Crippen molar-refractivity contribution in [2.45, 2.75) is 32.3 Å². The van der Waals surface area contributed by atoms with E-state index in [1.165, 1.54) is 0 Å². The Morgan fingerprint density at radius 2 is 2.17 bits per heavy atom. The Hall–Kier alpha value is -0.570. The number of hydrogen-bond donors (Lipinski definition) is 1. The Kier molecular flexibility index (Phi) is 2.42. The van der Waals surface area contributed by atoms with Crippen molar-refractivity contribution in [1.82, 2.24) is 4.90 Å². The number of rotatable bonds is 1. The van der Waals surface area contributed by atoms with E-state index in [-0.39, 0.29) is 11.8 Å². The van der Waals surface area contributed by atoms with E-state index < -0.39 is 5.60 Å². The summed E-state index contributed by atoms with van der Waals surface area (Å²) in [5.74, 6) is -0.114. The Morgan fingerprint density at radius 1 is 1.58 bits per heavy atom. The number of nitrogens with zero attached hydrogens (tertiary/aromatic N) is 1. The third kappa shape index (κ3) is 1.33. The quantitative estimate of drug-likeness (QED) is 0.628. The molecule has 1 rings (SSSR count). The van der Waals surface area contributed by atoms with E-state index in [1.54, 1.807) is 11.9 Å². The van der Waals surface area contributed by atoms with Gasteiger partial charge in [0.1, 0.15) is 5.60 Å². The molecule has 0 saturated carbocycles. The van der Waals surface area contributed by atoms with E-state index in [0.29, 0.717) is 6.42 Å². The maximum Gasteiger partial charge on any atom is 0.254 e. The van der Waals surface area contributed by atoms with E-state index in [0.717, 1.165) is 13.0 Å². The standard InChI is InChI=1S/C9H17NO2/c1-7(2)9(12)5-4-6-10(3)8(9)11/h7,12H,4-6H2,1-3H3/t9-/m1/s1. The first-order valence-corrected chi connectivity index (χ1v) is 4.46. The zero-order valence-corrected chi connectivity index (χ0v) is 8.00. The molecule has 0 unspecified atom stereocenters. The van der Waals surface area contributed by atoms with Crippen LogP contribution in [0.5, 0.6) is 0 Å². The van der Waals surface area contributed by atoms with Crippen LogP contribution in [0.25, 0.3) is 0 Å². The van der Waals surface area contributed by atoms with E-state index >= 15 is 0 Å². The summed E-state index contributed by atoms with van der Waals surface area (Å²) in [5, 5.41) is 10.00. The molecule has 1 saturated heterocycles. The lowest BCUT2D eigenvalue weighted by Gasteiger charge is -2.38. The van der Waals surface area contributed by atoms with Crippen LogP contribution < -0.4 is 0 Å². The Morgan fingerprint density at radius 3 is 2.58 bits per heavy atom. The Bertz CT molecular complexity index is 191. The fourth-order valence-corrected chi connectivity index (χ4v) is 1.66. The zero-order valence-electron chi connectivity index (χ0n) is 8.00.